The van der Waals surface area contributed by atoms with Crippen LogP contribution in [0.4, 0.5) is 8.78 Å². The first-order valence-corrected chi connectivity index (χ1v) is 5.38. The predicted molar refractivity (Wildman–Crippen MR) is 61.1 cm³/mol. The first kappa shape index (κ1) is 13.1. The Bertz CT molecular complexity index is 684. The number of pyridine rings is 1. The highest BCUT2D eigenvalue weighted by Gasteiger charge is 2.15. The van der Waals surface area contributed by atoms with Gasteiger partial charge in [-0.05, 0) is 13.0 Å². The van der Waals surface area contributed by atoms with Crippen LogP contribution in [0.15, 0.2) is 17.1 Å². The Labute approximate surface area is 105 Å². The molecule has 6 nitrogen and oxygen atoms in total. The zero-order chi connectivity index (χ0) is 14.0. The molecule has 0 saturated heterocycles. The molecule has 0 aliphatic rings. The van der Waals surface area contributed by atoms with E-state index >= 15 is 0 Å². The van der Waals surface area contributed by atoms with Crippen molar-refractivity contribution >= 4 is 17.0 Å². The van der Waals surface area contributed by atoms with Crippen molar-refractivity contribution in [3.63, 3.8) is 0 Å². The Balaban J connectivity index is 2.58. The zero-order valence-corrected chi connectivity index (χ0v) is 9.81. The van der Waals surface area contributed by atoms with E-state index in [1.165, 1.54) is 6.07 Å². The molecule has 0 aliphatic heterocycles. The highest BCUT2D eigenvalue weighted by atomic mass is 19.3. The quantitative estimate of drug-likeness (QED) is 0.852. The maximum Gasteiger partial charge on any atom is 0.339 e. The number of esters is 1. The van der Waals surface area contributed by atoms with Gasteiger partial charge in [0, 0.05) is 6.20 Å². The summed E-state index contributed by atoms with van der Waals surface area (Å²) in [5.74, 6) is -1.42. The monoisotopic (exact) mass is 269 g/mol. The lowest BCUT2D eigenvalue weighted by atomic mass is 10.2. The van der Waals surface area contributed by atoms with Gasteiger partial charge in [0.2, 0.25) is 0 Å². The van der Waals surface area contributed by atoms with E-state index in [1.807, 2.05) is 4.98 Å². The van der Waals surface area contributed by atoms with Crippen LogP contribution >= 0.6 is 0 Å². The third-order valence-electron chi connectivity index (χ3n) is 2.28. The third kappa shape index (κ3) is 2.56. The van der Waals surface area contributed by atoms with Crippen LogP contribution in [0.25, 0.3) is 11.0 Å². The summed E-state index contributed by atoms with van der Waals surface area (Å²) in [6.07, 6.45) is -1.78. The Kier molecular flexibility index (Phi) is 3.50. The third-order valence-corrected chi connectivity index (χ3v) is 2.28. The second-order valence-corrected chi connectivity index (χ2v) is 3.56. The number of alkyl halides is 2. The second kappa shape index (κ2) is 5.09. The molecule has 0 bridgehead atoms. The summed E-state index contributed by atoms with van der Waals surface area (Å²) in [5, 5.41) is 0. The van der Waals surface area contributed by atoms with Gasteiger partial charge in [-0.1, -0.05) is 0 Å². The molecule has 100 valence electrons. The number of nitrogens with zero attached hydrogens (tertiary/aromatic N) is 2. The molecule has 0 spiro atoms. The molecule has 0 aliphatic carbocycles. The topological polar surface area (TPSA) is 84.9 Å². The lowest BCUT2D eigenvalue weighted by Crippen LogP contribution is -2.14. The molecule has 0 radical (unpaired) electrons. The van der Waals surface area contributed by atoms with Crippen molar-refractivity contribution in [3.05, 3.63) is 34.0 Å². The van der Waals surface area contributed by atoms with Gasteiger partial charge in [-0.15, -0.1) is 0 Å². The molecular weight excluding hydrogens is 260 g/mol. The molecule has 0 saturated carbocycles. The van der Waals surface area contributed by atoms with Crippen molar-refractivity contribution in [2.24, 2.45) is 0 Å². The summed E-state index contributed by atoms with van der Waals surface area (Å²) >= 11 is 0. The number of nitrogens with one attached hydrogen (secondary N) is 1. The van der Waals surface area contributed by atoms with Crippen molar-refractivity contribution in [2.45, 2.75) is 13.3 Å². The molecule has 0 aromatic carbocycles. The number of rotatable bonds is 3. The van der Waals surface area contributed by atoms with E-state index in [0.29, 0.717) is 0 Å². The van der Waals surface area contributed by atoms with Crippen molar-refractivity contribution in [1.29, 1.82) is 0 Å². The number of halogens is 2. The Hall–Kier alpha value is -2.38. The highest BCUT2D eigenvalue weighted by Crippen LogP contribution is 2.15. The summed E-state index contributed by atoms with van der Waals surface area (Å²) in [6.45, 7) is 1.80. The Morgan fingerprint density at radius 2 is 2.26 bits per heavy atom. The Morgan fingerprint density at radius 1 is 1.53 bits per heavy atom. The number of fused-ring (bicyclic) bond motifs is 1. The molecule has 0 unspecified atom stereocenters. The molecule has 1 N–H and O–H groups in total. The fourth-order valence-electron chi connectivity index (χ4n) is 1.48. The van der Waals surface area contributed by atoms with Crippen LogP contribution in [-0.4, -0.2) is 27.5 Å². The molecule has 0 amide bonds. The highest BCUT2D eigenvalue weighted by molar-refractivity contribution is 5.92. The number of H-pyrrole nitrogens is 1. The summed E-state index contributed by atoms with van der Waals surface area (Å²) in [6, 6.07) is 1.20. The van der Waals surface area contributed by atoms with Gasteiger partial charge in [0.05, 0.1) is 17.7 Å². The van der Waals surface area contributed by atoms with Gasteiger partial charge in [-0.25, -0.2) is 23.5 Å². The van der Waals surface area contributed by atoms with E-state index in [9.17, 15) is 18.4 Å². The van der Waals surface area contributed by atoms with Crippen molar-refractivity contribution in [2.75, 3.05) is 6.61 Å². The lowest BCUT2D eigenvalue weighted by Gasteiger charge is -2.04. The minimum atomic E-state index is -2.91. The number of aromatic nitrogens is 3. The molecule has 2 rings (SSSR count). The minimum Gasteiger partial charge on any atom is -0.462 e. The van der Waals surface area contributed by atoms with Gasteiger partial charge in [0.25, 0.3) is 12.0 Å². The van der Waals surface area contributed by atoms with Gasteiger partial charge < -0.3 is 9.72 Å². The van der Waals surface area contributed by atoms with E-state index in [2.05, 4.69) is 9.97 Å². The fourth-order valence-corrected chi connectivity index (χ4v) is 1.48. The number of hydrogen-bond acceptors (Lipinski definition) is 5. The summed E-state index contributed by atoms with van der Waals surface area (Å²) in [4.78, 5) is 32.2. The number of aromatic amines is 1. The standard InChI is InChI=1S/C11H9F2N3O3/c1-2-19-11(18)5-3-6-7(14-4-5)10(17)16-9(15-6)8(12)13/h3-4,8H,2H2,1H3,(H,15,16,17). The van der Waals surface area contributed by atoms with Crippen molar-refractivity contribution in [1.82, 2.24) is 15.0 Å². The van der Waals surface area contributed by atoms with Gasteiger partial charge >= 0.3 is 5.97 Å². The van der Waals surface area contributed by atoms with E-state index in [4.69, 9.17) is 4.74 Å². The van der Waals surface area contributed by atoms with Crippen LogP contribution in [0.2, 0.25) is 0 Å². The number of carbonyl (C=O) groups is 1. The first-order chi connectivity index (χ1) is 9.02. The van der Waals surface area contributed by atoms with Crippen LogP contribution in [0.1, 0.15) is 29.5 Å². The van der Waals surface area contributed by atoms with E-state index in [-0.39, 0.29) is 23.2 Å². The van der Waals surface area contributed by atoms with Gasteiger partial charge in [0.1, 0.15) is 0 Å². The zero-order valence-electron chi connectivity index (χ0n) is 9.81. The van der Waals surface area contributed by atoms with Crippen molar-refractivity contribution < 1.29 is 18.3 Å². The summed E-state index contributed by atoms with van der Waals surface area (Å²) in [5.41, 5.74) is -0.926. The maximum atomic E-state index is 12.5. The number of hydrogen-bond donors (Lipinski definition) is 1. The maximum absolute atomic E-state index is 12.5. The number of carbonyl (C=O) groups excluding carboxylic acids is 1. The molecule has 2 aromatic heterocycles. The SMILES string of the molecule is CCOC(=O)c1cnc2c(=O)[nH]c(C(F)F)nc2c1. The molecule has 0 fully saturated rings. The smallest absolute Gasteiger partial charge is 0.339 e. The molecule has 8 heteroatoms. The van der Waals surface area contributed by atoms with Crippen LogP contribution in [0.3, 0.4) is 0 Å². The fraction of sp³-hybridized carbons (Fsp3) is 0.273. The lowest BCUT2D eigenvalue weighted by molar-refractivity contribution is 0.0526. The average molecular weight is 269 g/mol. The average Bonchev–Trinajstić information content (AvgIpc) is 2.38. The molecule has 2 heterocycles. The van der Waals surface area contributed by atoms with E-state index < -0.39 is 23.8 Å². The van der Waals surface area contributed by atoms with Crippen LogP contribution in [0.5, 0.6) is 0 Å². The second-order valence-electron chi connectivity index (χ2n) is 3.56. The van der Waals surface area contributed by atoms with E-state index in [0.717, 1.165) is 6.20 Å². The predicted octanol–water partition coefficient (Wildman–Crippen LogP) is 1.43. The van der Waals surface area contributed by atoms with Crippen LogP contribution < -0.4 is 5.56 Å². The summed E-state index contributed by atoms with van der Waals surface area (Å²) < 4.78 is 29.8. The molecule has 2 aromatic rings. The minimum absolute atomic E-state index is 0.0488. The van der Waals surface area contributed by atoms with Crippen LogP contribution in [-0.2, 0) is 4.74 Å². The van der Waals surface area contributed by atoms with E-state index in [1.54, 1.807) is 6.92 Å². The van der Waals surface area contributed by atoms with Crippen molar-refractivity contribution in [3.8, 4) is 0 Å². The van der Waals surface area contributed by atoms with Gasteiger partial charge in [0.15, 0.2) is 11.3 Å². The molecular formula is C11H9F2N3O3. The number of ether oxygens (including phenoxy) is 1. The molecule has 0 atom stereocenters. The summed E-state index contributed by atoms with van der Waals surface area (Å²) in [7, 11) is 0. The van der Waals surface area contributed by atoms with Gasteiger partial charge in [-0.2, -0.15) is 0 Å². The Morgan fingerprint density at radius 3 is 2.89 bits per heavy atom. The normalized spacial score (nSPS) is 10.9. The van der Waals surface area contributed by atoms with Gasteiger partial charge in [-0.3, -0.25) is 4.79 Å². The molecule has 19 heavy (non-hydrogen) atoms. The largest absolute Gasteiger partial charge is 0.462 e. The first-order valence-electron chi connectivity index (χ1n) is 5.38. The van der Waals surface area contributed by atoms with Crippen LogP contribution in [0, 0.1) is 0 Å².